The van der Waals surface area contributed by atoms with Crippen molar-refractivity contribution in [3.05, 3.63) is 105 Å². The molecule has 0 aromatic heterocycles. The minimum Gasteiger partial charge on any atom is -0.206 e. The lowest BCUT2D eigenvalue weighted by Gasteiger charge is -1.99. The van der Waals surface area contributed by atoms with Gasteiger partial charge >= 0.3 is 0 Å². The van der Waals surface area contributed by atoms with Crippen LogP contribution in [0.1, 0.15) is 38.9 Å². The van der Waals surface area contributed by atoms with Gasteiger partial charge in [-0.1, -0.05) is 47.4 Å². The Morgan fingerprint density at radius 1 is 0.577 bits per heavy atom. The zero-order chi connectivity index (χ0) is 18.5. The molecule has 0 N–H and O–H groups in total. The van der Waals surface area contributed by atoms with Crippen LogP contribution in [0.25, 0.3) is 0 Å². The summed E-state index contributed by atoms with van der Waals surface area (Å²) in [7, 11) is 0. The van der Waals surface area contributed by atoms with Crippen LogP contribution in [0.5, 0.6) is 0 Å². The third kappa shape index (κ3) is 4.41. The van der Waals surface area contributed by atoms with E-state index in [2.05, 4.69) is 37.5 Å². The highest BCUT2D eigenvalue weighted by Crippen LogP contribution is 2.11. The van der Waals surface area contributed by atoms with Gasteiger partial charge in [-0.05, 0) is 74.4 Å². The average molecular weight is 338 g/mol. The molecule has 1 heteroatoms. The smallest absolute Gasteiger partial charge is 0.140 e. The lowest BCUT2D eigenvalue weighted by atomic mass is 10.1. The maximum atomic E-state index is 14.3. The molecule has 126 valence electrons. The molecule has 0 nitrogen and oxygen atoms in total. The van der Waals surface area contributed by atoms with Crippen molar-refractivity contribution in [1.29, 1.82) is 0 Å². The van der Waals surface area contributed by atoms with E-state index in [1.54, 1.807) is 12.1 Å². The van der Waals surface area contributed by atoms with Gasteiger partial charge in [0.25, 0.3) is 0 Å². The van der Waals surface area contributed by atoms with Gasteiger partial charge in [-0.25, -0.2) is 4.39 Å². The van der Waals surface area contributed by atoms with Crippen LogP contribution in [-0.4, -0.2) is 0 Å². The van der Waals surface area contributed by atoms with E-state index in [-0.39, 0.29) is 5.82 Å². The number of aryl methyl sites for hydroxylation is 3. The van der Waals surface area contributed by atoms with Gasteiger partial charge in [0, 0.05) is 16.7 Å². The van der Waals surface area contributed by atoms with E-state index in [1.807, 2.05) is 49.4 Å². The Balaban J connectivity index is 1.81. The van der Waals surface area contributed by atoms with Crippen molar-refractivity contribution < 1.29 is 4.39 Å². The number of rotatable bonds is 0. The highest BCUT2D eigenvalue weighted by atomic mass is 19.1. The number of halogens is 1. The lowest BCUT2D eigenvalue weighted by Crippen LogP contribution is -1.86. The summed E-state index contributed by atoms with van der Waals surface area (Å²) in [4.78, 5) is 0. The maximum absolute atomic E-state index is 14.3. The minimum atomic E-state index is -0.350. The standard InChI is InChI=1S/C25H19F/c1-18-4-7-21(8-5-18)12-14-24-15-13-23(17-25(24)26)11-10-22-9-6-19(2)20(3)16-22/h4-9,13,15-17H,1-3H3. The first kappa shape index (κ1) is 17.5. The van der Waals surface area contributed by atoms with Gasteiger partial charge in [0.2, 0.25) is 0 Å². The average Bonchev–Trinajstić information content (AvgIpc) is 2.63. The summed E-state index contributed by atoms with van der Waals surface area (Å²) < 4.78 is 14.3. The summed E-state index contributed by atoms with van der Waals surface area (Å²) in [5.41, 5.74) is 6.42. The van der Waals surface area contributed by atoms with Crippen LogP contribution in [0, 0.1) is 50.3 Å². The summed E-state index contributed by atoms with van der Waals surface area (Å²) in [6.45, 7) is 6.15. The molecule has 0 amide bonds. The largest absolute Gasteiger partial charge is 0.206 e. The second-order valence-corrected chi connectivity index (χ2v) is 6.36. The molecule has 0 atom stereocenters. The first-order valence-corrected chi connectivity index (χ1v) is 8.49. The quantitative estimate of drug-likeness (QED) is 0.471. The van der Waals surface area contributed by atoms with Gasteiger partial charge in [-0.15, -0.1) is 0 Å². The van der Waals surface area contributed by atoms with Crippen molar-refractivity contribution in [2.45, 2.75) is 20.8 Å². The number of hydrogen-bond donors (Lipinski definition) is 0. The molecule has 0 aliphatic rings. The van der Waals surface area contributed by atoms with Gasteiger partial charge in [-0.2, -0.15) is 0 Å². The molecule has 0 spiro atoms. The summed E-state index contributed by atoms with van der Waals surface area (Å²) in [5, 5.41) is 0. The highest BCUT2D eigenvalue weighted by Gasteiger charge is 2.00. The van der Waals surface area contributed by atoms with Gasteiger partial charge in [0.1, 0.15) is 5.82 Å². The fraction of sp³-hybridized carbons (Fsp3) is 0.120. The van der Waals surface area contributed by atoms with E-state index in [1.165, 1.54) is 22.8 Å². The van der Waals surface area contributed by atoms with Crippen molar-refractivity contribution in [1.82, 2.24) is 0 Å². The Bertz CT molecular complexity index is 1070. The molecule has 0 unspecified atom stereocenters. The normalized spacial score (nSPS) is 9.69. The van der Waals surface area contributed by atoms with Crippen LogP contribution in [0.2, 0.25) is 0 Å². The summed E-state index contributed by atoms with van der Waals surface area (Å²) in [6, 6.07) is 18.8. The predicted molar refractivity (Wildman–Crippen MR) is 105 cm³/mol. The predicted octanol–water partition coefficient (Wildman–Crippen LogP) is 5.55. The van der Waals surface area contributed by atoms with Crippen LogP contribution in [0.15, 0.2) is 60.7 Å². The zero-order valence-electron chi connectivity index (χ0n) is 15.2. The van der Waals surface area contributed by atoms with E-state index < -0.39 is 0 Å². The van der Waals surface area contributed by atoms with Crippen molar-refractivity contribution in [3.8, 4) is 23.7 Å². The number of benzene rings is 3. The molecule has 3 rings (SSSR count). The van der Waals surface area contributed by atoms with Crippen LogP contribution >= 0.6 is 0 Å². The Labute approximate surface area is 154 Å². The van der Waals surface area contributed by atoms with Gasteiger partial charge in [0.05, 0.1) is 5.56 Å². The molecule has 0 saturated heterocycles. The fourth-order valence-electron chi connectivity index (χ4n) is 2.43. The van der Waals surface area contributed by atoms with Crippen LogP contribution in [0.3, 0.4) is 0 Å². The minimum absolute atomic E-state index is 0.350. The van der Waals surface area contributed by atoms with Gasteiger partial charge < -0.3 is 0 Å². The second kappa shape index (κ2) is 7.73. The lowest BCUT2D eigenvalue weighted by molar-refractivity contribution is 0.624. The molecule has 3 aromatic rings. The monoisotopic (exact) mass is 338 g/mol. The Morgan fingerprint density at radius 2 is 1.15 bits per heavy atom. The first-order valence-electron chi connectivity index (χ1n) is 8.49. The van der Waals surface area contributed by atoms with Crippen molar-refractivity contribution in [2.24, 2.45) is 0 Å². The Morgan fingerprint density at radius 3 is 1.81 bits per heavy atom. The Kier molecular flexibility index (Phi) is 5.21. The molecule has 26 heavy (non-hydrogen) atoms. The van der Waals surface area contributed by atoms with Crippen molar-refractivity contribution in [2.75, 3.05) is 0 Å². The van der Waals surface area contributed by atoms with E-state index in [4.69, 9.17) is 0 Å². The first-order chi connectivity index (χ1) is 12.5. The topological polar surface area (TPSA) is 0 Å². The summed E-state index contributed by atoms with van der Waals surface area (Å²) >= 11 is 0. The second-order valence-electron chi connectivity index (χ2n) is 6.36. The van der Waals surface area contributed by atoms with E-state index in [9.17, 15) is 4.39 Å². The zero-order valence-corrected chi connectivity index (χ0v) is 15.2. The van der Waals surface area contributed by atoms with Crippen molar-refractivity contribution >= 4 is 0 Å². The highest BCUT2D eigenvalue weighted by molar-refractivity contribution is 5.49. The molecule has 0 radical (unpaired) electrons. The van der Waals surface area contributed by atoms with E-state index >= 15 is 0 Å². The third-order valence-electron chi connectivity index (χ3n) is 4.22. The van der Waals surface area contributed by atoms with Crippen LogP contribution in [0.4, 0.5) is 4.39 Å². The van der Waals surface area contributed by atoms with Crippen LogP contribution < -0.4 is 0 Å². The summed E-state index contributed by atoms with van der Waals surface area (Å²) in [6.07, 6.45) is 0. The molecule has 0 aliphatic carbocycles. The molecular formula is C25H19F. The number of hydrogen-bond acceptors (Lipinski definition) is 0. The SMILES string of the molecule is Cc1ccc(C#Cc2ccc(C#Cc3ccc(C)c(C)c3)cc2F)cc1. The van der Waals surface area contributed by atoms with Gasteiger partial charge in [-0.3, -0.25) is 0 Å². The van der Waals surface area contributed by atoms with Crippen LogP contribution in [-0.2, 0) is 0 Å². The fourth-order valence-corrected chi connectivity index (χ4v) is 2.43. The maximum Gasteiger partial charge on any atom is 0.140 e. The Hall–Kier alpha value is -3.29. The van der Waals surface area contributed by atoms with Gasteiger partial charge in [0.15, 0.2) is 0 Å². The molecule has 0 saturated carbocycles. The third-order valence-corrected chi connectivity index (χ3v) is 4.22. The molecule has 0 aliphatic heterocycles. The molecular weight excluding hydrogens is 319 g/mol. The molecule has 0 fully saturated rings. The molecule has 3 aromatic carbocycles. The van der Waals surface area contributed by atoms with E-state index in [0.717, 1.165) is 11.1 Å². The summed E-state index contributed by atoms with van der Waals surface area (Å²) in [5.74, 6) is 11.6. The molecule has 0 heterocycles. The van der Waals surface area contributed by atoms with Crippen molar-refractivity contribution in [3.63, 3.8) is 0 Å². The van der Waals surface area contributed by atoms with E-state index in [0.29, 0.717) is 11.1 Å². The molecule has 0 bridgehead atoms.